The van der Waals surface area contributed by atoms with Crippen molar-refractivity contribution in [1.29, 1.82) is 0 Å². The van der Waals surface area contributed by atoms with Crippen LogP contribution in [0.25, 0.3) is 0 Å². The van der Waals surface area contributed by atoms with E-state index in [-0.39, 0.29) is 5.91 Å². The highest BCUT2D eigenvalue weighted by Crippen LogP contribution is 2.24. The van der Waals surface area contributed by atoms with Gasteiger partial charge in [0.2, 0.25) is 0 Å². The van der Waals surface area contributed by atoms with Crippen molar-refractivity contribution in [2.24, 2.45) is 11.8 Å². The second kappa shape index (κ2) is 12.3. The summed E-state index contributed by atoms with van der Waals surface area (Å²) in [7, 11) is 0. The summed E-state index contributed by atoms with van der Waals surface area (Å²) in [4.78, 5) is 15.3. The smallest absolute Gasteiger partial charge is 0.256 e. The molecule has 2 rings (SSSR count). The normalized spacial score (nSPS) is 21.8. The molecule has 30 heavy (non-hydrogen) atoms. The number of hydrogen-bond acceptors (Lipinski definition) is 4. The average molecular weight is 419 g/mol. The molecular weight excluding hydrogens is 376 g/mol. The summed E-state index contributed by atoms with van der Waals surface area (Å²) in [6, 6.07) is 7.64. The van der Waals surface area contributed by atoms with Crippen LogP contribution in [0.3, 0.4) is 0 Å². The number of unbranched alkanes of at least 4 members (excludes halogenated alkanes) is 2. The van der Waals surface area contributed by atoms with Crippen LogP contribution < -0.4 is 10.1 Å². The lowest BCUT2D eigenvalue weighted by molar-refractivity contribution is -0.139. The molecule has 1 N–H and O–H groups in total. The van der Waals surface area contributed by atoms with Crippen molar-refractivity contribution >= 4 is 11.6 Å². The quantitative estimate of drug-likeness (QED) is 0.465. The van der Waals surface area contributed by atoms with Gasteiger partial charge in [0, 0.05) is 31.9 Å². The van der Waals surface area contributed by atoms with Crippen LogP contribution >= 0.6 is 0 Å². The number of carbonyl (C=O) groups is 1. The first-order valence-electron chi connectivity index (χ1n) is 11.8. The number of piperidine rings is 1. The minimum Gasteiger partial charge on any atom is -0.492 e. The van der Waals surface area contributed by atoms with Crippen LogP contribution in [-0.2, 0) is 9.53 Å². The minimum absolute atomic E-state index is 0.0811. The largest absolute Gasteiger partial charge is 0.492 e. The molecule has 0 aromatic heterocycles. The van der Waals surface area contributed by atoms with E-state index in [9.17, 15) is 4.79 Å². The first-order valence-corrected chi connectivity index (χ1v) is 11.8. The highest BCUT2D eigenvalue weighted by molar-refractivity contribution is 5.97. The van der Waals surface area contributed by atoms with Gasteiger partial charge in [-0.05, 0) is 62.8 Å². The molecule has 0 unspecified atom stereocenters. The van der Waals surface area contributed by atoms with E-state index in [1.54, 1.807) is 0 Å². The monoisotopic (exact) mass is 418 g/mol. The van der Waals surface area contributed by atoms with E-state index < -0.39 is 5.60 Å². The van der Waals surface area contributed by atoms with Crippen LogP contribution in [0.2, 0.25) is 0 Å². The molecule has 0 spiro atoms. The van der Waals surface area contributed by atoms with E-state index in [1.807, 2.05) is 38.1 Å². The van der Waals surface area contributed by atoms with Crippen molar-refractivity contribution in [3.8, 4) is 5.75 Å². The average Bonchev–Trinajstić information content (AvgIpc) is 2.69. The van der Waals surface area contributed by atoms with Crippen molar-refractivity contribution in [3.63, 3.8) is 0 Å². The van der Waals surface area contributed by atoms with Gasteiger partial charge in [-0.2, -0.15) is 0 Å². The highest BCUT2D eigenvalue weighted by atomic mass is 16.5. The van der Waals surface area contributed by atoms with Gasteiger partial charge in [0.05, 0.1) is 0 Å². The molecule has 1 heterocycles. The Hall–Kier alpha value is -1.59. The Bertz CT molecular complexity index is 624. The fourth-order valence-electron chi connectivity index (χ4n) is 4.45. The van der Waals surface area contributed by atoms with Gasteiger partial charge in [-0.15, -0.1) is 0 Å². The number of amides is 1. The van der Waals surface area contributed by atoms with Crippen molar-refractivity contribution in [2.45, 2.75) is 72.3 Å². The van der Waals surface area contributed by atoms with Gasteiger partial charge in [-0.25, -0.2) is 0 Å². The molecule has 1 aromatic carbocycles. The number of benzene rings is 1. The molecule has 1 saturated heterocycles. The number of rotatable bonds is 12. The van der Waals surface area contributed by atoms with Crippen molar-refractivity contribution in [3.05, 3.63) is 24.3 Å². The molecule has 1 amide bonds. The Labute approximate surface area is 183 Å². The standard InChI is InChI=1S/C25H42N2O3/c1-6-8-9-14-25(5,30-7-2)24(28)26-22-10-12-23(13-11-22)29-16-15-27-18-20(3)17-21(4)19-27/h10-13,20-21H,6-9,14-19H2,1-5H3,(H,26,28)/t20-,21+,25-/m1/s1. The molecule has 1 aliphatic heterocycles. The van der Waals surface area contributed by atoms with Crippen molar-refractivity contribution < 1.29 is 14.3 Å². The number of nitrogens with zero attached hydrogens (tertiary/aromatic N) is 1. The SMILES string of the molecule is CCCCC[C@@](C)(OCC)C(=O)Nc1ccc(OCCN2C[C@H](C)C[C@H](C)C2)cc1. The van der Waals surface area contributed by atoms with E-state index in [2.05, 4.69) is 31.0 Å². The van der Waals surface area contributed by atoms with Gasteiger partial charge in [0.15, 0.2) is 0 Å². The summed E-state index contributed by atoms with van der Waals surface area (Å²) in [6.45, 7) is 15.1. The zero-order valence-corrected chi connectivity index (χ0v) is 19.7. The predicted octanol–water partition coefficient (Wildman–Crippen LogP) is 5.36. The third kappa shape index (κ3) is 7.92. The van der Waals surface area contributed by atoms with E-state index in [4.69, 9.17) is 9.47 Å². The number of anilines is 1. The Morgan fingerprint density at radius 1 is 1.13 bits per heavy atom. The van der Waals surface area contributed by atoms with Gasteiger partial charge in [0.1, 0.15) is 18.0 Å². The summed E-state index contributed by atoms with van der Waals surface area (Å²) in [5, 5.41) is 3.01. The van der Waals surface area contributed by atoms with Crippen LogP contribution in [0.1, 0.15) is 66.7 Å². The van der Waals surface area contributed by atoms with Crippen LogP contribution in [0.15, 0.2) is 24.3 Å². The van der Waals surface area contributed by atoms with E-state index in [0.29, 0.717) is 13.2 Å². The molecule has 3 atom stereocenters. The molecule has 0 radical (unpaired) electrons. The zero-order valence-electron chi connectivity index (χ0n) is 19.7. The van der Waals surface area contributed by atoms with Crippen LogP contribution in [-0.4, -0.2) is 49.3 Å². The maximum Gasteiger partial charge on any atom is 0.256 e. The summed E-state index contributed by atoms with van der Waals surface area (Å²) in [6.07, 6.45) is 5.28. The van der Waals surface area contributed by atoms with E-state index >= 15 is 0 Å². The highest BCUT2D eigenvalue weighted by Gasteiger charge is 2.33. The molecule has 5 heteroatoms. The molecule has 0 bridgehead atoms. The maximum absolute atomic E-state index is 12.8. The first-order chi connectivity index (χ1) is 14.4. The van der Waals surface area contributed by atoms with Gasteiger partial charge < -0.3 is 14.8 Å². The van der Waals surface area contributed by atoms with Crippen LogP contribution in [0.5, 0.6) is 5.75 Å². The number of likely N-dealkylation sites (tertiary alicyclic amines) is 1. The van der Waals surface area contributed by atoms with Crippen molar-refractivity contribution in [2.75, 3.05) is 38.2 Å². The predicted molar refractivity (Wildman–Crippen MR) is 124 cm³/mol. The summed E-state index contributed by atoms with van der Waals surface area (Å²) in [5.74, 6) is 2.28. The topological polar surface area (TPSA) is 50.8 Å². The maximum atomic E-state index is 12.8. The molecule has 1 aromatic rings. The second-order valence-electron chi connectivity index (χ2n) is 9.15. The lowest BCUT2D eigenvalue weighted by Crippen LogP contribution is -2.42. The molecular formula is C25H42N2O3. The fraction of sp³-hybridized carbons (Fsp3) is 0.720. The minimum atomic E-state index is -0.790. The Kier molecular flexibility index (Phi) is 10.1. The van der Waals surface area contributed by atoms with Gasteiger partial charge in [-0.1, -0.05) is 40.0 Å². The van der Waals surface area contributed by atoms with Crippen molar-refractivity contribution in [1.82, 2.24) is 4.90 Å². The summed E-state index contributed by atoms with van der Waals surface area (Å²) < 4.78 is 11.7. The lowest BCUT2D eigenvalue weighted by atomic mass is 9.92. The van der Waals surface area contributed by atoms with Gasteiger partial charge >= 0.3 is 0 Å². The first kappa shape index (κ1) is 24.7. The zero-order chi connectivity index (χ0) is 22.0. The summed E-state index contributed by atoms with van der Waals surface area (Å²) >= 11 is 0. The molecule has 0 aliphatic carbocycles. The molecule has 5 nitrogen and oxygen atoms in total. The second-order valence-corrected chi connectivity index (χ2v) is 9.15. The molecule has 1 fully saturated rings. The van der Waals surface area contributed by atoms with Crippen LogP contribution in [0.4, 0.5) is 5.69 Å². The Balaban J connectivity index is 1.82. The Morgan fingerprint density at radius 3 is 2.40 bits per heavy atom. The molecule has 170 valence electrons. The summed E-state index contributed by atoms with van der Waals surface area (Å²) in [5.41, 5.74) is -0.0191. The Morgan fingerprint density at radius 2 is 1.80 bits per heavy atom. The third-order valence-electron chi connectivity index (χ3n) is 5.93. The number of hydrogen-bond donors (Lipinski definition) is 1. The molecule has 1 aliphatic rings. The fourth-order valence-corrected chi connectivity index (χ4v) is 4.45. The third-order valence-corrected chi connectivity index (χ3v) is 5.93. The van der Waals surface area contributed by atoms with Gasteiger partial charge in [0.25, 0.3) is 5.91 Å². The molecule has 0 saturated carbocycles. The van der Waals surface area contributed by atoms with Crippen LogP contribution in [0, 0.1) is 11.8 Å². The lowest BCUT2D eigenvalue weighted by Gasteiger charge is -2.34. The van der Waals surface area contributed by atoms with E-state index in [1.165, 1.54) is 6.42 Å². The number of carbonyl (C=O) groups excluding carboxylic acids is 1. The number of nitrogens with one attached hydrogen (secondary N) is 1. The van der Waals surface area contributed by atoms with E-state index in [0.717, 1.165) is 68.6 Å². The number of ether oxygens (including phenoxy) is 2. The van der Waals surface area contributed by atoms with Gasteiger partial charge in [-0.3, -0.25) is 9.69 Å².